The summed E-state index contributed by atoms with van der Waals surface area (Å²) >= 11 is 8.18. The second kappa shape index (κ2) is 8.44. The number of hydrogen-bond donors (Lipinski definition) is 1. The Morgan fingerprint density at radius 3 is 2.68 bits per heavy atom. The molecule has 2 amide bonds. The number of halogens is 1. The van der Waals surface area contributed by atoms with Crippen molar-refractivity contribution in [3.63, 3.8) is 0 Å². The number of nitrogens with one attached hydrogen (secondary N) is 1. The summed E-state index contributed by atoms with van der Waals surface area (Å²) in [5.41, 5.74) is 4.64. The Hall–Kier alpha value is -2.70. The third kappa shape index (κ3) is 4.65. The molecule has 3 aromatic rings. The lowest BCUT2D eigenvalue weighted by molar-refractivity contribution is -0.123. The Labute approximate surface area is 191 Å². The number of rotatable bonds is 3. The molecule has 7 heteroatoms. The zero-order valence-corrected chi connectivity index (χ0v) is 19.3. The summed E-state index contributed by atoms with van der Waals surface area (Å²) < 4.78 is 0. The fourth-order valence-corrected chi connectivity index (χ4v) is 4.79. The maximum absolute atomic E-state index is 12.7. The molecule has 0 bridgehead atoms. The predicted molar refractivity (Wildman–Crippen MR) is 126 cm³/mol. The van der Waals surface area contributed by atoms with Crippen molar-refractivity contribution in [2.45, 2.75) is 26.2 Å². The van der Waals surface area contributed by atoms with Crippen LogP contribution in [0.3, 0.4) is 0 Å². The van der Waals surface area contributed by atoms with Crippen molar-refractivity contribution in [2.75, 3.05) is 19.6 Å². The molecule has 2 aromatic heterocycles. The van der Waals surface area contributed by atoms with Crippen LogP contribution in [-0.4, -0.2) is 41.3 Å². The maximum Gasteiger partial charge on any atom is 0.254 e. The number of piperazine rings is 1. The highest BCUT2D eigenvalue weighted by Crippen LogP contribution is 2.37. The fourth-order valence-electron chi connectivity index (χ4n) is 3.49. The van der Waals surface area contributed by atoms with Gasteiger partial charge < -0.3 is 10.2 Å². The van der Waals surface area contributed by atoms with Gasteiger partial charge in [0.25, 0.3) is 5.91 Å². The number of pyridine rings is 1. The van der Waals surface area contributed by atoms with Crippen LogP contribution in [0.5, 0.6) is 0 Å². The molecule has 1 aromatic carbocycles. The topological polar surface area (TPSA) is 62.3 Å². The van der Waals surface area contributed by atoms with Crippen LogP contribution in [-0.2, 0) is 10.2 Å². The number of benzene rings is 1. The quantitative estimate of drug-likeness (QED) is 0.607. The molecule has 1 aliphatic rings. The number of hydrogen-bond acceptors (Lipinski definition) is 4. The number of carbonyl (C=O) groups is 2. The van der Waals surface area contributed by atoms with Crippen molar-refractivity contribution in [3.05, 3.63) is 64.3 Å². The first kappa shape index (κ1) is 21.5. The Bertz CT molecular complexity index is 1150. The van der Waals surface area contributed by atoms with Crippen molar-refractivity contribution >= 4 is 34.8 Å². The van der Waals surface area contributed by atoms with E-state index in [9.17, 15) is 9.59 Å². The van der Waals surface area contributed by atoms with Crippen LogP contribution < -0.4 is 5.32 Å². The predicted octanol–water partition coefficient (Wildman–Crippen LogP) is 5.00. The minimum Gasteiger partial charge on any atom is -0.353 e. The SMILES string of the molecule is CC(C)(C)c1cc(-c2csc(-c3ccc(C(=O)N4CCNC(=O)C4)cc3Cl)c2)ccn1. The van der Waals surface area contributed by atoms with Gasteiger partial charge in [-0.15, -0.1) is 11.3 Å². The van der Waals surface area contributed by atoms with E-state index in [1.54, 1.807) is 28.4 Å². The van der Waals surface area contributed by atoms with Crippen LogP contribution in [0.1, 0.15) is 36.8 Å². The molecule has 160 valence electrons. The largest absolute Gasteiger partial charge is 0.353 e. The van der Waals surface area contributed by atoms with E-state index in [0.717, 1.165) is 27.3 Å². The lowest BCUT2D eigenvalue weighted by Crippen LogP contribution is -2.49. The van der Waals surface area contributed by atoms with Crippen LogP contribution in [0.15, 0.2) is 48.0 Å². The molecule has 1 fully saturated rings. The summed E-state index contributed by atoms with van der Waals surface area (Å²) in [7, 11) is 0. The smallest absolute Gasteiger partial charge is 0.254 e. The van der Waals surface area contributed by atoms with Gasteiger partial charge in [0.2, 0.25) is 5.91 Å². The van der Waals surface area contributed by atoms with E-state index in [2.05, 4.69) is 48.6 Å². The highest BCUT2D eigenvalue weighted by Gasteiger charge is 2.23. The van der Waals surface area contributed by atoms with E-state index in [-0.39, 0.29) is 23.8 Å². The zero-order chi connectivity index (χ0) is 22.2. The van der Waals surface area contributed by atoms with Crippen molar-refractivity contribution in [2.24, 2.45) is 0 Å². The van der Waals surface area contributed by atoms with Gasteiger partial charge in [0.05, 0.1) is 11.6 Å². The van der Waals surface area contributed by atoms with E-state index in [1.807, 2.05) is 18.3 Å². The lowest BCUT2D eigenvalue weighted by atomic mass is 9.90. The second-order valence-corrected chi connectivity index (χ2v) is 9.97. The van der Waals surface area contributed by atoms with Crippen LogP contribution >= 0.6 is 22.9 Å². The first-order chi connectivity index (χ1) is 14.7. The molecule has 0 unspecified atom stereocenters. The van der Waals surface area contributed by atoms with Gasteiger partial charge in [0, 0.05) is 46.4 Å². The molecule has 0 atom stereocenters. The summed E-state index contributed by atoms with van der Waals surface area (Å²) in [6.07, 6.45) is 1.85. The van der Waals surface area contributed by atoms with Gasteiger partial charge in [-0.1, -0.05) is 38.4 Å². The van der Waals surface area contributed by atoms with Crippen molar-refractivity contribution in [1.82, 2.24) is 15.2 Å². The molecule has 1 saturated heterocycles. The summed E-state index contributed by atoms with van der Waals surface area (Å²) in [5, 5.41) is 5.36. The Morgan fingerprint density at radius 1 is 1.16 bits per heavy atom. The van der Waals surface area contributed by atoms with Crippen molar-refractivity contribution in [3.8, 4) is 21.6 Å². The molecule has 0 spiro atoms. The standard InChI is InChI=1S/C24H24ClN3O2S/c1-24(2,3)21-12-15(6-7-26-21)17-11-20(31-14-17)18-5-4-16(10-19(18)25)23(30)28-9-8-27-22(29)13-28/h4-7,10-12,14H,8-9,13H2,1-3H3,(H,27,29). The van der Waals surface area contributed by atoms with Gasteiger partial charge >= 0.3 is 0 Å². The third-order valence-corrected chi connectivity index (χ3v) is 6.54. The number of nitrogens with zero attached hydrogens (tertiary/aromatic N) is 2. The first-order valence-corrected chi connectivity index (χ1v) is 11.4. The lowest BCUT2D eigenvalue weighted by Gasteiger charge is -2.26. The molecular weight excluding hydrogens is 430 g/mol. The van der Waals surface area contributed by atoms with Gasteiger partial charge in [-0.2, -0.15) is 0 Å². The Morgan fingerprint density at radius 2 is 1.97 bits per heavy atom. The van der Waals surface area contributed by atoms with Crippen molar-refractivity contribution < 1.29 is 9.59 Å². The minimum atomic E-state index is -0.179. The van der Waals surface area contributed by atoms with Crippen LogP contribution in [0.4, 0.5) is 0 Å². The molecule has 31 heavy (non-hydrogen) atoms. The number of thiophene rings is 1. The van der Waals surface area contributed by atoms with Gasteiger partial charge in [-0.3, -0.25) is 14.6 Å². The third-order valence-electron chi connectivity index (χ3n) is 5.27. The van der Waals surface area contributed by atoms with E-state index in [1.165, 1.54) is 0 Å². The number of carbonyl (C=O) groups excluding carboxylic acids is 2. The molecule has 1 aliphatic heterocycles. The Balaban J connectivity index is 1.58. The summed E-state index contributed by atoms with van der Waals surface area (Å²) in [5.74, 6) is -0.319. The number of aromatic nitrogens is 1. The number of amides is 2. The molecule has 1 N–H and O–H groups in total. The fraction of sp³-hybridized carbons (Fsp3) is 0.292. The summed E-state index contributed by atoms with van der Waals surface area (Å²) in [4.78, 5) is 31.4. The molecule has 5 nitrogen and oxygen atoms in total. The first-order valence-electron chi connectivity index (χ1n) is 10.1. The van der Waals surface area contributed by atoms with Gasteiger partial charge in [-0.05, 0) is 46.8 Å². The minimum absolute atomic E-state index is 0.0183. The molecular formula is C24H24ClN3O2S. The molecule has 0 aliphatic carbocycles. The molecule has 0 saturated carbocycles. The van der Waals surface area contributed by atoms with Gasteiger partial charge in [-0.25, -0.2) is 0 Å². The summed E-state index contributed by atoms with van der Waals surface area (Å²) in [6.45, 7) is 7.50. The zero-order valence-electron chi connectivity index (χ0n) is 17.7. The van der Waals surface area contributed by atoms with E-state index < -0.39 is 0 Å². The van der Waals surface area contributed by atoms with Crippen molar-refractivity contribution in [1.29, 1.82) is 0 Å². The monoisotopic (exact) mass is 453 g/mol. The van der Waals surface area contributed by atoms with Crippen LogP contribution in [0.25, 0.3) is 21.6 Å². The second-order valence-electron chi connectivity index (χ2n) is 8.65. The Kier molecular flexibility index (Phi) is 5.86. The molecule has 3 heterocycles. The van der Waals surface area contributed by atoms with E-state index >= 15 is 0 Å². The van der Waals surface area contributed by atoms with E-state index in [4.69, 9.17) is 11.6 Å². The average molecular weight is 454 g/mol. The van der Waals surface area contributed by atoms with Crippen LogP contribution in [0, 0.1) is 0 Å². The highest BCUT2D eigenvalue weighted by atomic mass is 35.5. The highest BCUT2D eigenvalue weighted by molar-refractivity contribution is 7.14. The molecule has 4 rings (SSSR count). The molecule has 0 radical (unpaired) electrons. The van der Waals surface area contributed by atoms with Gasteiger partial charge in [0.15, 0.2) is 0 Å². The summed E-state index contributed by atoms with van der Waals surface area (Å²) in [6, 6.07) is 11.6. The maximum atomic E-state index is 12.7. The normalized spacial score (nSPS) is 14.5. The van der Waals surface area contributed by atoms with Crippen LogP contribution in [0.2, 0.25) is 5.02 Å². The van der Waals surface area contributed by atoms with E-state index in [0.29, 0.717) is 23.7 Å². The average Bonchev–Trinajstić information content (AvgIpc) is 3.22. The van der Waals surface area contributed by atoms with Gasteiger partial charge in [0.1, 0.15) is 0 Å².